The van der Waals surface area contributed by atoms with Crippen molar-refractivity contribution in [1.29, 1.82) is 0 Å². The van der Waals surface area contributed by atoms with Crippen LogP contribution in [0.25, 0.3) is 0 Å². The second-order valence-electron chi connectivity index (χ2n) is 5.52. The minimum Gasteiger partial charge on any atom is -0.310 e. The largest absolute Gasteiger partial charge is 0.310 e. The Hall–Kier alpha value is -0.580. The highest BCUT2D eigenvalue weighted by Crippen LogP contribution is 2.24. The van der Waals surface area contributed by atoms with Crippen molar-refractivity contribution in [2.45, 2.75) is 51.1 Å². The van der Waals surface area contributed by atoms with Crippen molar-refractivity contribution >= 4 is 21.4 Å². The molecule has 3 nitrogen and oxygen atoms in total. The summed E-state index contributed by atoms with van der Waals surface area (Å²) >= 11 is 6.15. The molecule has 0 radical (unpaired) electrons. The molecule has 2 unspecified atom stereocenters. The molecule has 0 amide bonds. The van der Waals surface area contributed by atoms with Gasteiger partial charge in [-0.1, -0.05) is 37.9 Å². The third-order valence-electron chi connectivity index (χ3n) is 3.56. The van der Waals surface area contributed by atoms with E-state index in [1.54, 1.807) is 18.2 Å². The van der Waals surface area contributed by atoms with Gasteiger partial charge in [-0.3, -0.25) is 0 Å². The number of benzene rings is 1. The normalized spacial score (nSPS) is 15.1. The Balaban J connectivity index is 2.83. The van der Waals surface area contributed by atoms with Crippen LogP contribution in [0.3, 0.4) is 0 Å². The van der Waals surface area contributed by atoms with Gasteiger partial charge in [-0.05, 0) is 31.4 Å². The average Bonchev–Trinajstić information content (AvgIpc) is 2.35. The monoisotopic (exact) mass is 317 g/mol. The molecular weight excluding hydrogens is 294 g/mol. The molecule has 1 aromatic carbocycles. The molecule has 0 heterocycles. The summed E-state index contributed by atoms with van der Waals surface area (Å²) < 4.78 is 23.6. The summed E-state index contributed by atoms with van der Waals surface area (Å²) in [6.45, 7) is 6.98. The number of halogens is 1. The van der Waals surface area contributed by atoms with Crippen molar-refractivity contribution in [3.8, 4) is 0 Å². The Bertz CT molecular complexity index is 543. The summed E-state index contributed by atoms with van der Waals surface area (Å²) in [6.07, 6.45) is 3.42. The SMILES string of the molecule is CCC(C)CC(C)NCc1c(Cl)cccc1S(C)(=O)=O. The van der Waals surface area contributed by atoms with Crippen molar-refractivity contribution in [2.24, 2.45) is 5.92 Å². The summed E-state index contributed by atoms with van der Waals surface area (Å²) in [5.41, 5.74) is 0.660. The van der Waals surface area contributed by atoms with E-state index in [1.807, 2.05) is 0 Å². The highest BCUT2D eigenvalue weighted by atomic mass is 35.5. The fraction of sp³-hybridized carbons (Fsp3) is 0.600. The topological polar surface area (TPSA) is 46.2 Å². The van der Waals surface area contributed by atoms with Gasteiger partial charge < -0.3 is 5.32 Å². The number of hydrogen-bond acceptors (Lipinski definition) is 3. The highest BCUT2D eigenvalue weighted by molar-refractivity contribution is 7.90. The van der Waals surface area contributed by atoms with Gasteiger partial charge in [0.05, 0.1) is 4.90 Å². The lowest BCUT2D eigenvalue weighted by molar-refractivity contribution is 0.411. The van der Waals surface area contributed by atoms with E-state index in [4.69, 9.17) is 11.6 Å². The molecule has 0 spiro atoms. The van der Waals surface area contributed by atoms with Crippen molar-refractivity contribution in [3.63, 3.8) is 0 Å². The third kappa shape index (κ3) is 5.08. The van der Waals surface area contributed by atoms with E-state index < -0.39 is 9.84 Å². The molecule has 0 aliphatic carbocycles. The predicted octanol–water partition coefficient (Wildman–Crippen LogP) is 3.66. The molecule has 0 bridgehead atoms. The molecule has 5 heteroatoms. The van der Waals surface area contributed by atoms with Crippen molar-refractivity contribution < 1.29 is 8.42 Å². The first-order valence-electron chi connectivity index (χ1n) is 6.96. The Morgan fingerprint density at radius 3 is 2.50 bits per heavy atom. The summed E-state index contributed by atoms with van der Waals surface area (Å²) in [4.78, 5) is 0.313. The van der Waals surface area contributed by atoms with Gasteiger partial charge in [0, 0.05) is 29.4 Å². The van der Waals surface area contributed by atoms with Crippen LogP contribution in [-0.4, -0.2) is 20.7 Å². The fourth-order valence-corrected chi connectivity index (χ4v) is 3.44. The standard InChI is InChI=1S/C15H24ClNO2S/c1-5-11(2)9-12(3)17-10-13-14(16)7-6-8-15(13)20(4,18)19/h6-8,11-12,17H,5,9-10H2,1-4H3. The Morgan fingerprint density at radius 1 is 1.30 bits per heavy atom. The maximum absolute atomic E-state index is 11.8. The van der Waals surface area contributed by atoms with Crippen LogP contribution in [-0.2, 0) is 16.4 Å². The molecule has 20 heavy (non-hydrogen) atoms. The molecule has 1 aromatic rings. The van der Waals surface area contributed by atoms with E-state index in [0.29, 0.717) is 34.0 Å². The third-order valence-corrected chi connectivity index (χ3v) is 5.09. The average molecular weight is 318 g/mol. The van der Waals surface area contributed by atoms with Crippen LogP contribution in [0.4, 0.5) is 0 Å². The van der Waals surface area contributed by atoms with Gasteiger partial charge in [-0.25, -0.2) is 8.42 Å². The number of nitrogens with one attached hydrogen (secondary N) is 1. The second-order valence-corrected chi connectivity index (χ2v) is 7.91. The molecule has 114 valence electrons. The zero-order valence-corrected chi connectivity index (χ0v) is 14.2. The lowest BCUT2D eigenvalue weighted by Crippen LogP contribution is -2.28. The Kier molecular flexibility index (Phi) is 6.49. The van der Waals surface area contributed by atoms with E-state index >= 15 is 0 Å². The first kappa shape index (κ1) is 17.5. The van der Waals surface area contributed by atoms with Crippen LogP contribution in [0.5, 0.6) is 0 Å². The first-order valence-corrected chi connectivity index (χ1v) is 9.23. The summed E-state index contributed by atoms with van der Waals surface area (Å²) in [6, 6.07) is 5.34. The first-order chi connectivity index (χ1) is 9.25. The van der Waals surface area contributed by atoms with E-state index in [-0.39, 0.29) is 0 Å². The van der Waals surface area contributed by atoms with Gasteiger partial charge in [0.2, 0.25) is 0 Å². The lowest BCUT2D eigenvalue weighted by Gasteiger charge is -2.19. The molecular formula is C15H24ClNO2S. The smallest absolute Gasteiger partial charge is 0.175 e. The highest BCUT2D eigenvalue weighted by Gasteiger charge is 2.16. The molecule has 1 N–H and O–H groups in total. The van der Waals surface area contributed by atoms with Crippen LogP contribution in [0.2, 0.25) is 5.02 Å². The van der Waals surface area contributed by atoms with Crippen molar-refractivity contribution in [1.82, 2.24) is 5.32 Å². The van der Waals surface area contributed by atoms with Crippen LogP contribution in [0, 0.1) is 5.92 Å². The number of rotatable bonds is 7. The fourth-order valence-electron chi connectivity index (χ4n) is 2.19. The lowest BCUT2D eigenvalue weighted by atomic mass is 10.0. The molecule has 0 saturated heterocycles. The van der Waals surface area contributed by atoms with Crippen molar-refractivity contribution in [2.75, 3.05) is 6.26 Å². The molecule has 0 fully saturated rings. The number of hydrogen-bond donors (Lipinski definition) is 1. The maximum atomic E-state index is 11.8. The molecule has 1 rings (SSSR count). The Morgan fingerprint density at radius 2 is 1.95 bits per heavy atom. The molecule has 0 aliphatic rings. The van der Waals surface area contributed by atoms with E-state index in [1.165, 1.54) is 6.26 Å². The zero-order valence-electron chi connectivity index (χ0n) is 12.6. The maximum Gasteiger partial charge on any atom is 0.175 e. The van der Waals surface area contributed by atoms with E-state index in [9.17, 15) is 8.42 Å². The van der Waals surface area contributed by atoms with Gasteiger partial charge in [-0.15, -0.1) is 0 Å². The van der Waals surface area contributed by atoms with Crippen molar-refractivity contribution in [3.05, 3.63) is 28.8 Å². The molecule has 0 aromatic heterocycles. The van der Waals surface area contributed by atoms with Crippen LogP contribution >= 0.6 is 11.6 Å². The zero-order chi connectivity index (χ0) is 15.3. The quantitative estimate of drug-likeness (QED) is 0.835. The molecule has 0 saturated carbocycles. The number of sulfone groups is 1. The van der Waals surface area contributed by atoms with Gasteiger partial charge in [0.1, 0.15) is 0 Å². The Labute approximate surface area is 127 Å². The van der Waals surface area contributed by atoms with Gasteiger partial charge in [0.25, 0.3) is 0 Å². The second kappa shape index (κ2) is 7.43. The summed E-state index contributed by atoms with van der Waals surface area (Å²) in [7, 11) is -3.26. The predicted molar refractivity (Wildman–Crippen MR) is 84.9 cm³/mol. The summed E-state index contributed by atoms with van der Waals surface area (Å²) in [5.74, 6) is 0.651. The van der Waals surface area contributed by atoms with E-state index in [2.05, 4.69) is 26.1 Å². The van der Waals surface area contributed by atoms with Crippen LogP contribution < -0.4 is 5.32 Å². The van der Waals surface area contributed by atoms with Crippen LogP contribution in [0.1, 0.15) is 39.2 Å². The van der Waals surface area contributed by atoms with Gasteiger partial charge in [-0.2, -0.15) is 0 Å². The van der Waals surface area contributed by atoms with E-state index in [0.717, 1.165) is 12.8 Å². The summed E-state index contributed by atoms with van der Waals surface area (Å²) in [5, 5.41) is 3.87. The van der Waals surface area contributed by atoms with Gasteiger partial charge in [0.15, 0.2) is 9.84 Å². The minimum atomic E-state index is -3.26. The molecule has 0 aliphatic heterocycles. The van der Waals surface area contributed by atoms with Gasteiger partial charge >= 0.3 is 0 Å². The molecule has 2 atom stereocenters. The van der Waals surface area contributed by atoms with Crippen LogP contribution in [0.15, 0.2) is 23.1 Å². The minimum absolute atomic E-state index is 0.313.